The number of aliphatic imine (C=N–C) groups is 1. The van der Waals surface area contributed by atoms with Crippen molar-refractivity contribution >= 4 is 13.0 Å². The van der Waals surface area contributed by atoms with E-state index >= 15 is 0 Å². The van der Waals surface area contributed by atoms with Crippen LogP contribution in [0.3, 0.4) is 0 Å². The zero-order chi connectivity index (χ0) is 23.0. The Morgan fingerprint density at radius 2 is 2.16 bits per heavy atom. The highest BCUT2D eigenvalue weighted by atomic mass is 16.6. The minimum absolute atomic E-state index is 0.175. The summed E-state index contributed by atoms with van der Waals surface area (Å²) in [5, 5.41) is 11.8. The van der Waals surface area contributed by atoms with Gasteiger partial charge in [0.05, 0.1) is 0 Å². The van der Waals surface area contributed by atoms with E-state index in [1.807, 2.05) is 39.1 Å². The first-order chi connectivity index (χ1) is 14.7. The van der Waals surface area contributed by atoms with Crippen molar-refractivity contribution in [3.05, 3.63) is 47.4 Å². The number of amidine groups is 1. The van der Waals surface area contributed by atoms with Gasteiger partial charge in [0.15, 0.2) is 6.17 Å². The van der Waals surface area contributed by atoms with Crippen LogP contribution in [0.1, 0.15) is 61.3 Å². The van der Waals surface area contributed by atoms with Crippen LogP contribution < -0.4 is 11.1 Å². The highest BCUT2D eigenvalue weighted by Crippen LogP contribution is 2.25. The van der Waals surface area contributed by atoms with E-state index in [1.165, 1.54) is 5.57 Å². The Hall–Kier alpha value is -2.19. The predicted octanol–water partition coefficient (Wildman–Crippen LogP) is 4.90. The zero-order valence-electron chi connectivity index (χ0n) is 20.1. The summed E-state index contributed by atoms with van der Waals surface area (Å²) >= 11 is 0. The maximum absolute atomic E-state index is 6.22. The van der Waals surface area contributed by atoms with E-state index in [0.717, 1.165) is 29.8 Å². The molecule has 2 aliphatic rings. The molecule has 3 N–H and O–H groups in total. The SMILES string of the molecule is CCOB(OC(C)(C)CC)C(=C/N)/C=C1/NC(=NC2CC(C(C)C)=CN=N2)C=CC1C. The van der Waals surface area contributed by atoms with Gasteiger partial charge in [-0.15, -0.1) is 0 Å². The van der Waals surface area contributed by atoms with Gasteiger partial charge < -0.3 is 20.4 Å². The highest BCUT2D eigenvalue weighted by Gasteiger charge is 2.30. The number of nitrogens with one attached hydrogen (secondary N) is 1. The van der Waals surface area contributed by atoms with Crippen LogP contribution in [0.25, 0.3) is 0 Å². The zero-order valence-corrected chi connectivity index (χ0v) is 20.1. The second kappa shape index (κ2) is 11.4. The summed E-state index contributed by atoms with van der Waals surface area (Å²) < 4.78 is 12.1. The lowest BCUT2D eigenvalue weighted by Crippen LogP contribution is -2.37. The molecule has 31 heavy (non-hydrogen) atoms. The molecule has 0 bridgehead atoms. The molecule has 2 heterocycles. The number of rotatable bonds is 9. The molecule has 0 aromatic heterocycles. The van der Waals surface area contributed by atoms with Crippen LogP contribution in [0.2, 0.25) is 0 Å². The third-order valence-electron chi connectivity index (χ3n) is 5.56. The first-order valence-corrected chi connectivity index (χ1v) is 11.2. The summed E-state index contributed by atoms with van der Waals surface area (Å²) in [7, 11) is -0.538. The van der Waals surface area contributed by atoms with Crippen LogP contribution in [0.4, 0.5) is 0 Å². The van der Waals surface area contributed by atoms with Crippen molar-refractivity contribution in [2.45, 2.75) is 73.1 Å². The maximum Gasteiger partial charge on any atom is 0.495 e. The molecule has 0 aromatic carbocycles. The van der Waals surface area contributed by atoms with Crippen LogP contribution in [-0.2, 0) is 9.31 Å². The minimum Gasteiger partial charge on any atom is -0.408 e. The van der Waals surface area contributed by atoms with Gasteiger partial charge >= 0.3 is 7.12 Å². The lowest BCUT2D eigenvalue weighted by atomic mass is 9.76. The molecule has 2 atom stereocenters. The molecule has 0 amide bonds. The van der Waals surface area contributed by atoms with Crippen molar-refractivity contribution in [3.8, 4) is 0 Å². The van der Waals surface area contributed by atoms with Gasteiger partial charge in [-0.3, -0.25) is 0 Å². The molecule has 2 rings (SSSR count). The number of nitrogens with two attached hydrogens (primary N) is 1. The van der Waals surface area contributed by atoms with Crippen molar-refractivity contribution in [3.63, 3.8) is 0 Å². The van der Waals surface area contributed by atoms with Crippen LogP contribution in [0.15, 0.2) is 62.6 Å². The number of hydrogen-bond acceptors (Lipinski definition) is 6. The van der Waals surface area contributed by atoms with Gasteiger partial charge in [-0.1, -0.05) is 33.8 Å². The van der Waals surface area contributed by atoms with Crippen molar-refractivity contribution in [1.82, 2.24) is 5.32 Å². The van der Waals surface area contributed by atoms with Crippen LogP contribution >= 0.6 is 0 Å². The molecule has 0 aliphatic carbocycles. The fourth-order valence-electron chi connectivity index (χ4n) is 3.09. The average Bonchev–Trinajstić information content (AvgIpc) is 2.74. The Morgan fingerprint density at radius 1 is 1.42 bits per heavy atom. The smallest absolute Gasteiger partial charge is 0.408 e. The Balaban J connectivity index is 2.21. The monoisotopic (exact) mass is 427 g/mol. The van der Waals surface area contributed by atoms with Crippen molar-refractivity contribution in [2.24, 2.45) is 32.8 Å². The Kier molecular flexibility index (Phi) is 9.25. The van der Waals surface area contributed by atoms with Crippen LogP contribution in [-0.4, -0.2) is 31.3 Å². The fraction of sp³-hybridized carbons (Fsp3) is 0.609. The van der Waals surface area contributed by atoms with Crippen LogP contribution in [0, 0.1) is 11.8 Å². The number of allylic oxidation sites excluding steroid dienone is 3. The van der Waals surface area contributed by atoms with Gasteiger partial charge in [0.25, 0.3) is 0 Å². The standard InChI is InChI=1S/C23H38BN5O2/c1-8-23(6,7)31-24(30-9-2)19(14-25)13-20-17(5)10-11-21(27-20)28-22-12-18(16(3)4)15-26-29-22/h10-11,13-17,22H,8-9,12,25H2,1-7H3,(H,27,28)/b19-14+,20-13+. The molecular formula is C23H38BN5O2. The Bertz CT molecular complexity index is 796. The van der Waals surface area contributed by atoms with Crippen LogP contribution in [0.5, 0.6) is 0 Å². The topological polar surface area (TPSA) is 93.6 Å². The largest absolute Gasteiger partial charge is 0.495 e. The minimum atomic E-state index is -0.538. The summed E-state index contributed by atoms with van der Waals surface area (Å²) in [6.45, 7) is 15.1. The molecule has 8 heteroatoms. The average molecular weight is 427 g/mol. The Morgan fingerprint density at radius 3 is 2.77 bits per heavy atom. The van der Waals surface area contributed by atoms with E-state index in [-0.39, 0.29) is 17.7 Å². The summed E-state index contributed by atoms with van der Waals surface area (Å²) in [5.41, 5.74) is 8.67. The summed E-state index contributed by atoms with van der Waals surface area (Å²) in [4.78, 5) is 4.76. The van der Waals surface area contributed by atoms with Gasteiger partial charge in [0, 0.05) is 36.4 Å². The molecule has 0 fully saturated rings. The first kappa shape index (κ1) is 25.1. The quantitative estimate of drug-likeness (QED) is 0.512. The molecule has 0 saturated carbocycles. The van der Waals surface area contributed by atoms with Crippen molar-refractivity contribution in [1.29, 1.82) is 0 Å². The highest BCUT2D eigenvalue weighted by molar-refractivity contribution is 6.54. The second-order valence-corrected chi connectivity index (χ2v) is 8.85. The molecule has 170 valence electrons. The van der Waals surface area contributed by atoms with Crippen molar-refractivity contribution < 1.29 is 9.31 Å². The maximum atomic E-state index is 6.22. The van der Waals surface area contributed by atoms with E-state index in [9.17, 15) is 0 Å². The molecule has 0 aromatic rings. The second-order valence-electron chi connectivity index (χ2n) is 8.85. The molecular weight excluding hydrogens is 389 g/mol. The van der Waals surface area contributed by atoms with Gasteiger partial charge in [-0.05, 0) is 62.5 Å². The molecule has 0 saturated heterocycles. The lowest BCUT2D eigenvalue weighted by molar-refractivity contribution is 0.0688. The van der Waals surface area contributed by atoms with E-state index in [4.69, 9.17) is 20.0 Å². The molecule has 7 nitrogen and oxygen atoms in total. The van der Waals surface area contributed by atoms with Gasteiger partial charge in [-0.2, -0.15) is 10.2 Å². The summed E-state index contributed by atoms with van der Waals surface area (Å²) in [6, 6.07) is 0. The first-order valence-electron chi connectivity index (χ1n) is 11.2. The van der Waals surface area contributed by atoms with Gasteiger partial charge in [0.1, 0.15) is 5.84 Å². The fourth-order valence-corrected chi connectivity index (χ4v) is 3.09. The summed E-state index contributed by atoms with van der Waals surface area (Å²) in [5.74, 6) is 1.37. The van der Waals surface area contributed by atoms with E-state index in [0.29, 0.717) is 12.5 Å². The molecule has 0 radical (unpaired) electrons. The van der Waals surface area contributed by atoms with E-state index < -0.39 is 7.12 Å². The van der Waals surface area contributed by atoms with Gasteiger partial charge in [0.2, 0.25) is 0 Å². The third kappa shape index (κ3) is 7.47. The van der Waals surface area contributed by atoms with Crippen molar-refractivity contribution in [2.75, 3.05) is 6.61 Å². The van der Waals surface area contributed by atoms with E-state index in [2.05, 4.69) is 49.3 Å². The summed E-state index contributed by atoms with van der Waals surface area (Å²) in [6.07, 6.45) is 10.9. The van der Waals surface area contributed by atoms with E-state index in [1.54, 1.807) is 6.20 Å². The lowest BCUT2D eigenvalue weighted by Gasteiger charge is -2.29. The molecule has 2 unspecified atom stereocenters. The number of nitrogens with zero attached hydrogens (tertiary/aromatic N) is 3. The molecule has 2 aliphatic heterocycles. The predicted molar refractivity (Wildman–Crippen MR) is 128 cm³/mol. The number of hydrogen-bond donors (Lipinski definition) is 2. The number of azo groups is 1. The van der Waals surface area contributed by atoms with Gasteiger partial charge in [-0.25, -0.2) is 4.99 Å². The Labute approximate surface area is 187 Å². The molecule has 0 spiro atoms. The normalized spacial score (nSPS) is 24.6. The third-order valence-corrected chi connectivity index (χ3v) is 5.56.